The molecule has 0 heterocycles. The quantitative estimate of drug-likeness (QED) is 0.857. The summed E-state index contributed by atoms with van der Waals surface area (Å²) in [4.78, 5) is 23.7. The number of hydrogen-bond acceptors (Lipinski definition) is 4. The lowest BCUT2D eigenvalue weighted by molar-refractivity contribution is -0.122. The number of benzene rings is 1. The largest absolute Gasteiger partial charge is 0.465 e. The number of ether oxygens (including phenoxy) is 1. The molecule has 1 aliphatic carbocycles. The van der Waals surface area contributed by atoms with Crippen LogP contribution in [0.15, 0.2) is 24.3 Å². The van der Waals surface area contributed by atoms with Gasteiger partial charge in [0.05, 0.1) is 18.7 Å². The second-order valence-corrected chi connectivity index (χ2v) is 4.93. The summed E-state index contributed by atoms with van der Waals surface area (Å²) < 4.78 is 4.63. The number of nitrogens with one attached hydrogen (secondary N) is 1. The summed E-state index contributed by atoms with van der Waals surface area (Å²) in [6, 6.07) is 8.64. The number of methoxy groups -OCH3 is 1. The second-order valence-electron chi connectivity index (χ2n) is 4.93. The van der Waals surface area contributed by atoms with Crippen LogP contribution in [0.4, 0.5) is 5.69 Å². The van der Waals surface area contributed by atoms with Gasteiger partial charge in [0, 0.05) is 5.69 Å². The molecule has 1 saturated carbocycles. The van der Waals surface area contributed by atoms with Crippen LogP contribution in [0.2, 0.25) is 0 Å². The third kappa shape index (κ3) is 2.64. The van der Waals surface area contributed by atoms with E-state index in [0.717, 1.165) is 12.8 Å². The average Bonchev–Trinajstić information content (AvgIpc) is 2.97. The van der Waals surface area contributed by atoms with Gasteiger partial charge in [0.2, 0.25) is 5.91 Å². The summed E-state index contributed by atoms with van der Waals surface area (Å²) in [5.74, 6) is -0.753. The third-order valence-corrected chi connectivity index (χ3v) is 3.65. The fourth-order valence-electron chi connectivity index (χ4n) is 2.46. The maximum atomic E-state index is 12.3. The van der Waals surface area contributed by atoms with Crippen molar-refractivity contribution in [2.45, 2.75) is 25.7 Å². The zero-order chi connectivity index (χ0) is 14.6. The minimum absolute atomic E-state index is 0.292. The molecule has 0 unspecified atom stereocenters. The number of nitrogens with zero attached hydrogens (tertiary/aromatic N) is 1. The molecule has 0 saturated heterocycles. The van der Waals surface area contributed by atoms with Gasteiger partial charge in [0.25, 0.3) is 0 Å². The Hall–Kier alpha value is -2.35. The van der Waals surface area contributed by atoms with Gasteiger partial charge in [-0.2, -0.15) is 5.26 Å². The normalized spacial score (nSPS) is 16.2. The van der Waals surface area contributed by atoms with Crippen molar-refractivity contribution in [1.82, 2.24) is 0 Å². The Morgan fingerprint density at radius 1 is 1.35 bits per heavy atom. The van der Waals surface area contributed by atoms with Crippen molar-refractivity contribution in [3.8, 4) is 6.07 Å². The summed E-state index contributed by atoms with van der Waals surface area (Å²) >= 11 is 0. The van der Waals surface area contributed by atoms with E-state index >= 15 is 0 Å². The van der Waals surface area contributed by atoms with E-state index in [1.54, 1.807) is 24.3 Å². The highest BCUT2D eigenvalue weighted by Gasteiger charge is 2.41. The number of esters is 1. The van der Waals surface area contributed by atoms with Gasteiger partial charge in [-0.1, -0.05) is 18.9 Å². The van der Waals surface area contributed by atoms with Crippen molar-refractivity contribution in [2.24, 2.45) is 5.41 Å². The van der Waals surface area contributed by atoms with Gasteiger partial charge in [0.1, 0.15) is 5.41 Å². The molecule has 1 amide bonds. The minimum Gasteiger partial charge on any atom is -0.465 e. The Morgan fingerprint density at radius 2 is 2.05 bits per heavy atom. The molecule has 1 aliphatic rings. The van der Waals surface area contributed by atoms with Gasteiger partial charge >= 0.3 is 5.97 Å². The molecule has 0 radical (unpaired) electrons. The Kier molecular flexibility index (Phi) is 4.04. The van der Waals surface area contributed by atoms with E-state index < -0.39 is 11.4 Å². The van der Waals surface area contributed by atoms with Crippen LogP contribution in [-0.4, -0.2) is 19.0 Å². The van der Waals surface area contributed by atoms with Gasteiger partial charge in [-0.15, -0.1) is 0 Å². The second kappa shape index (κ2) is 5.74. The smallest absolute Gasteiger partial charge is 0.337 e. The summed E-state index contributed by atoms with van der Waals surface area (Å²) in [5, 5.41) is 12.0. The maximum absolute atomic E-state index is 12.3. The van der Waals surface area contributed by atoms with E-state index in [1.807, 2.05) is 0 Å². The first-order valence-corrected chi connectivity index (χ1v) is 6.52. The molecule has 104 valence electrons. The Balaban J connectivity index is 2.16. The highest BCUT2D eigenvalue weighted by atomic mass is 16.5. The van der Waals surface area contributed by atoms with E-state index in [1.165, 1.54) is 7.11 Å². The van der Waals surface area contributed by atoms with Crippen molar-refractivity contribution < 1.29 is 14.3 Å². The van der Waals surface area contributed by atoms with Crippen molar-refractivity contribution in [3.63, 3.8) is 0 Å². The molecule has 20 heavy (non-hydrogen) atoms. The van der Waals surface area contributed by atoms with Crippen molar-refractivity contribution in [3.05, 3.63) is 29.8 Å². The number of rotatable bonds is 3. The number of carbonyl (C=O) groups is 2. The molecule has 0 spiro atoms. The topological polar surface area (TPSA) is 79.2 Å². The lowest BCUT2D eigenvalue weighted by Crippen LogP contribution is -2.32. The maximum Gasteiger partial charge on any atom is 0.337 e. The van der Waals surface area contributed by atoms with E-state index in [4.69, 9.17) is 0 Å². The van der Waals surface area contributed by atoms with Crippen LogP contribution in [0.3, 0.4) is 0 Å². The number of carbonyl (C=O) groups excluding carboxylic acids is 2. The monoisotopic (exact) mass is 272 g/mol. The average molecular weight is 272 g/mol. The van der Waals surface area contributed by atoms with Gasteiger partial charge in [-0.05, 0) is 31.0 Å². The van der Waals surface area contributed by atoms with E-state index in [9.17, 15) is 14.9 Å². The lowest BCUT2D eigenvalue weighted by Gasteiger charge is -2.19. The van der Waals surface area contributed by atoms with Crippen LogP contribution in [0.1, 0.15) is 36.0 Å². The van der Waals surface area contributed by atoms with E-state index in [-0.39, 0.29) is 5.91 Å². The number of hydrogen-bond donors (Lipinski definition) is 1. The molecule has 1 aromatic rings. The highest BCUT2D eigenvalue weighted by Crippen LogP contribution is 2.38. The number of nitriles is 1. The van der Waals surface area contributed by atoms with Crippen molar-refractivity contribution in [1.29, 1.82) is 5.26 Å². The number of anilines is 1. The molecular weight excluding hydrogens is 256 g/mol. The predicted octanol–water partition coefficient (Wildman–Crippen LogP) is 2.50. The fourth-order valence-corrected chi connectivity index (χ4v) is 2.46. The molecule has 0 aromatic heterocycles. The lowest BCUT2D eigenvalue weighted by atomic mass is 9.87. The third-order valence-electron chi connectivity index (χ3n) is 3.65. The molecule has 1 N–H and O–H groups in total. The fraction of sp³-hybridized carbons (Fsp3) is 0.400. The highest BCUT2D eigenvalue weighted by molar-refractivity contribution is 5.98. The van der Waals surface area contributed by atoms with Crippen LogP contribution >= 0.6 is 0 Å². The summed E-state index contributed by atoms with van der Waals surface area (Å²) in [5.41, 5.74) is -0.0662. The minimum atomic E-state index is -0.929. The molecule has 1 aromatic carbocycles. The number of amides is 1. The molecule has 5 heteroatoms. The van der Waals surface area contributed by atoms with Crippen LogP contribution in [0.5, 0.6) is 0 Å². The van der Waals surface area contributed by atoms with Crippen molar-refractivity contribution >= 4 is 17.6 Å². The van der Waals surface area contributed by atoms with Gasteiger partial charge in [-0.3, -0.25) is 4.79 Å². The van der Waals surface area contributed by atoms with E-state index in [2.05, 4.69) is 16.1 Å². The van der Waals surface area contributed by atoms with Gasteiger partial charge in [0.15, 0.2) is 0 Å². The van der Waals surface area contributed by atoms with Crippen LogP contribution in [-0.2, 0) is 9.53 Å². The Morgan fingerprint density at radius 3 is 2.65 bits per heavy atom. The predicted molar refractivity (Wildman–Crippen MR) is 72.9 cm³/mol. The van der Waals surface area contributed by atoms with Gasteiger partial charge in [-0.25, -0.2) is 4.79 Å². The zero-order valence-electron chi connectivity index (χ0n) is 11.3. The molecule has 0 atom stereocenters. The zero-order valence-corrected chi connectivity index (χ0v) is 11.3. The molecule has 5 nitrogen and oxygen atoms in total. The van der Waals surface area contributed by atoms with Crippen LogP contribution in [0.25, 0.3) is 0 Å². The van der Waals surface area contributed by atoms with Crippen LogP contribution < -0.4 is 5.32 Å². The van der Waals surface area contributed by atoms with Gasteiger partial charge < -0.3 is 10.1 Å². The molecule has 1 fully saturated rings. The molecule has 2 rings (SSSR count). The summed E-state index contributed by atoms with van der Waals surface area (Å²) in [6.07, 6.45) is 2.96. The van der Waals surface area contributed by atoms with Crippen LogP contribution in [0, 0.1) is 16.7 Å². The first-order chi connectivity index (χ1) is 9.61. The van der Waals surface area contributed by atoms with E-state index in [0.29, 0.717) is 24.1 Å². The van der Waals surface area contributed by atoms with Crippen molar-refractivity contribution in [2.75, 3.05) is 12.4 Å². The SMILES string of the molecule is COC(=O)c1cccc(NC(=O)C2(C#N)CCCC2)c1. The Bertz CT molecular complexity index is 569. The first kappa shape index (κ1) is 14.1. The first-order valence-electron chi connectivity index (χ1n) is 6.52. The molecule has 0 bridgehead atoms. The summed E-state index contributed by atoms with van der Waals surface area (Å²) in [6.45, 7) is 0. The molecular formula is C15H16N2O3. The summed E-state index contributed by atoms with van der Waals surface area (Å²) in [7, 11) is 1.30. The molecule has 0 aliphatic heterocycles. The standard InChI is InChI=1S/C15H16N2O3/c1-20-13(18)11-5-4-6-12(9-11)17-14(19)15(10-16)7-2-3-8-15/h4-6,9H,2-3,7-8H2,1H3,(H,17,19). The Labute approximate surface area is 117 Å².